The first-order valence-corrected chi connectivity index (χ1v) is 10.7. The molecule has 1 aromatic carbocycles. The van der Waals surface area contributed by atoms with Crippen molar-refractivity contribution in [2.24, 2.45) is 10.9 Å². The van der Waals surface area contributed by atoms with Crippen LogP contribution < -0.4 is 5.32 Å². The van der Waals surface area contributed by atoms with Gasteiger partial charge in [-0.3, -0.25) is 0 Å². The number of thiazole rings is 1. The number of hydrogen-bond acceptors (Lipinski definition) is 4. The second kappa shape index (κ2) is 9.25. The number of aromatic nitrogens is 1. The van der Waals surface area contributed by atoms with Crippen molar-refractivity contribution < 1.29 is 0 Å². The minimum Gasteiger partial charge on any atom is -0.357 e. The summed E-state index contributed by atoms with van der Waals surface area (Å²) in [5.41, 5.74) is 0. The van der Waals surface area contributed by atoms with Crippen molar-refractivity contribution in [3.8, 4) is 0 Å². The third kappa shape index (κ3) is 5.47. The zero-order valence-electron chi connectivity index (χ0n) is 14.9. The molecule has 134 valence electrons. The minimum atomic E-state index is 0.667. The molecule has 4 nitrogen and oxygen atoms in total. The Morgan fingerprint density at radius 2 is 2.24 bits per heavy atom. The summed E-state index contributed by atoms with van der Waals surface area (Å²) in [5, 5.41) is 4.53. The lowest BCUT2D eigenvalue weighted by molar-refractivity contribution is 0.474. The molecule has 1 unspecified atom stereocenters. The van der Waals surface area contributed by atoms with Crippen molar-refractivity contribution in [2.45, 2.75) is 31.7 Å². The lowest BCUT2D eigenvalue weighted by atomic mass is 10.2. The van der Waals surface area contributed by atoms with Gasteiger partial charge in [0.15, 0.2) is 5.96 Å². The topological polar surface area (TPSA) is 40.5 Å². The Morgan fingerprint density at radius 3 is 2.96 bits per heavy atom. The number of thioether (sulfide) groups is 1. The molecule has 1 aromatic heterocycles. The first-order valence-electron chi connectivity index (χ1n) is 8.87. The zero-order valence-corrected chi connectivity index (χ0v) is 16.6. The summed E-state index contributed by atoms with van der Waals surface area (Å²) in [4.78, 5) is 14.2. The van der Waals surface area contributed by atoms with Gasteiger partial charge in [-0.15, -0.1) is 23.1 Å². The van der Waals surface area contributed by atoms with Crippen LogP contribution in [0.15, 0.2) is 46.4 Å². The van der Waals surface area contributed by atoms with E-state index in [2.05, 4.69) is 59.4 Å². The van der Waals surface area contributed by atoms with Gasteiger partial charge in [-0.2, -0.15) is 0 Å². The Balaban J connectivity index is 1.53. The van der Waals surface area contributed by atoms with Crippen molar-refractivity contribution in [1.82, 2.24) is 15.2 Å². The van der Waals surface area contributed by atoms with Gasteiger partial charge in [-0.25, -0.2) is 9.98 Å². The van der Waals surface area contributed by atoms with E-state index < -0.39 is 0 Å². The standard InChI is InChI=1S/C19H26N4S2/c1-3-20-19(22-12-18-21-11-15(2)25-18)23-10-9-16(13-23)14-24-17-7-5-4-6-8-17/h4-8,11,16H,3,9-10,12-14H2,1-2H3,(H,20,22). The Bertz CT molecular complexity index is 684. The van der Waals surface area contributed by atoms with Crippen molar-refractivity contribution >= 4 is 29.1 Å². The highest BCUT2D eigenvalue weighted by Gasteiger charge is 2.24. The lowest BCUT2D eigenvalue weighted by Gasteiger charge is -2.21. The number of nitrogens with one attached hydrogen (secondary N) is 1. The highest BCUT2D eigenvalue weighted by Crippen LogP contribution is 2.26. The van der Waals surface area contributed by atoms with Gasteiger partial charge >= 0.3 is 0 Å². The minimum absolute atomic E-state index is 0.667. The highest BCUT2D eigenvalue weighted by molar-refractivity contribution is 7.99. The average Bonchev–Trinajstić information content (AvgIpc) is 3.27. The van der Waals surface area contributed by atoms with Crippen molar-refractivity contribution in [3.63, 3.8) is 0 Å². The summed E-state index contributed by atoms with van der Waals surface area (Å²) in [6, 6.07) is 10.7. The molecule has 1 fully saturated rings. The van der Waals surface area contributed by atoms with Crippen LogP contribution in [0.1, 0.15) is 23.2 Å². The van der Waals surface area contributed by atoms with Crippen LogP contribution in [0.5, 0.6) is 0 Å². The molecule has 0 radical (unpaired) electrons. The highest BCUT2D eigenvalue weighted by atomic mass is 32.2. The number of guanidine groups is 1. The molecule has 1 N–H and O–H groups in total. The smallest absolute Gasteiger partial charge is 0.194 e. The number of aliphatic imine (C=N–C) groups is 1. The van der Waals surface area contributed by atoms with Crippen molar-refractivity contribution in [1.29, 1.82) is 0 Å². The van der Waals surface area contributed by atoms with Gasteiger partial charge in [0.25, 0.3) is 0 Å². The van der Waals surface area contributed by atoms with E-state index in [0.29, 0.717) is 6.54 Å². The predicted molar refractivity (Wildman–Crippen MR) is 109 cm³/mol. The summed E-state index contributed by atoms with van der Waals surface area (Å²) in [6.45, 7) is 7.95. The Hall–Kier alpha value is -1.53. The van der Waals surface area contributed by atoms with E-state index in [4.69, 9.17) is 4.99 Å². The summed E-state index contributed by atoms with van der Waals surface area (Å²) < 4.78 is 0. The number of nitrogens with zero attached hydrogens (tertiary/aromatic N) is 3. The fourth-order valence-corrected chi connectivity index (χ4v) is 4.70. The fraction of sp³-hybridized carbons (Fsp3) is 0.474. The zero-order chi connectivity index (χ0) is 17.5. The maximum absolute atomic E-state index is 4.80. The van der Waals surface area contributed by atoms with E-state index in [1.54, 1.807) is 11.3 Å². The third-order valence-corrected chi connectivity index (χ3v) is 6.32. The molecule has 0 aliphatic carbocycles. The van der Waals surface area contributed by atoms with Gasteiger partial charge in [0, 0.05) is 41.4 Å². The van der Waals surface area contributed by atoms with Crippen LogP contribution in [0, 0.1) is 12.8 Å². The van der Waals surface area contributed by atoms with Crippen LogP contribution >= 0.6 is 23.1 Å². The predicted octanol–water partition coefficient (Wildman–Crippen LogP) is 4.03. The number of rotatable bonds is 6. The van der Waals surface area contributed by atoms with Crippen LogP contribution in [0.3, 0.4) is 0 Å². The van der Waals surface area contributed by atoms with Gasteiger partial charge in [-0.05, 0) is 38.3 Å². The maximum Gasteiger partial charge on any atom is 0.194 e. The number of benzene rings is 1. The Labute approximate surface area is 158 Å². The fourth-order valence-electron chi connectivity index (χ4n) is 2.93. The molecule has 6 heteroatoms. The SMILES string of the molecule is CCNC(=NCc1ncc(C)s1)N1CCC(CSc2ccccc2)C1. The molecular weight excluding hydrogens is 348 g/mol. The van der Waals surface area contributed by atoms with Gasteiger partial charge in [0.05, 0.1) is 6.54 Å². The van der Waals surface area contributed by atoms with Gasteiger partial charge in [-0.1, -0.05) is 18.2 Å². The summed E-state index contributed by atoms with van der Waals surface area (Å²) in [6.07, 6.45) is 3.16. The van der Waals surface area contributed by atoms with E-state index in [0.717, 1.165) is 36.5 Å². The summed E-state index contributed by atoms with van der Waals surface area (Å²) in [5.74, 6) is 2.92. The van der Waals surface area contributed by atoms with E-state index in [9.17, 15) is 0 Å². The number of likely N-dealkylation sites (tertiary alicyclic amines) is 1. The second-order valence-electron chi connectivity index (χ2n) is 6.26. The molecule has 2 heterocycles. The third-order valence-electron chi connectivity index (χ3n) is 4.18. The van der Waals surface area contributed by atoms with E-state index in [1.807, 2.05) is 18.0 Å². The molecule has 1 aliphatic rings. The molecule has 3 rings (SSSR count). The summed E-state index contributed by atoms with van der Waals surface area (Å²) >= 11 is 3.69. The average molecular weight is 375 g/mol. The normalized spacial score (nSPS) is 17.9. The number of aryl methyl sites for hydroxylation is 1. The van der Waals surface area contributed by atoms with Crippen LogP contribution in [0.25, 0.3) is 0 Å². The second-order valence-corrected chi connectivity index (χ2v) is 8.67. The lowest BCUT2D eigenvalue weighted by Crippen LogP contribution is -2.40. The molecular formula is C19H26N4S2. The summed E-state index contributed by atoms with van der Waals surface area (Å²) in [7, 11) is 0. The molecule has 0 bridgehead atoms. The van der Waals surface area contributed by atoms with Gasteiger partial charge in [0.2, 0.25) is 0 Å². The van der Waals surface area contributed by atoms with Gasteiger partial charge in [0.1, 0.15) is 5.01 Å². The molecule has 1 atom stereocenters. The van der Waals surface area contributed by atoms with E-state index in [1.165, 1.54) is 21.9 Å². The monoisotopic (exact) mass is 374 g/mol. The quantitative estimate of drug-likeness (QED) is 0.471. The van der Waals surface area contributed by atoms with Crippen LogP contribution in [0.2, 0.25) is 0 Å². The molecule has 25 heavy (non-hydrogen) atoms. The van der Waals surface area contributed by atoms with E-state index >= 15 is 0 Å². The Kier molecular flexibility index (Phi) is 6.76. The van der Waals surface area contributed by atoms with Crippen molar-refractivity contribution in [3.05, 3.63) is 46.4 Å². The molecule has 0 saturated carbocycles. The molecule has 0 amide bonds. The first kappa shape index (κ1) is 18.3. The Morgan fingerprint density at radius 1 is 1.40 bits per heavy atom. The molecule has 2 aromatic rings. The first-order chi connectivity index (χ1) is 12.2. The van der Waals surface area contributed by atoms with Crippen LogP contribution in [-0.2, 0) is 6.54 Å². The van der Waals surface area contributed by atoms with E-state index in [-0.39, 0.29) is 0 Å². The largest absolute Gasteiger partial charge is 0.357 e. The maximum atomic E-state index is 4.80. The number of hydrogen-bond donors (Lipinski definition) is 1. The van der Waals surface area contributed by atoms with Crippen LogP contribution in [0.4, 0.5) is 0 Å². The molecule has 0 spiro atoms. The van der Waals surface area contributed by atoms with Crippen molar-refractivity contribution in [2.75, 3.05) is 25.4 Å². The molecule has 1 saturated heterocycles. The van der Waals surface area contributed by atoms with Crippen LogP contribution in [-0.4, -0.2) is 41.2 Å². The molecule has 1 aliphatic heterocycles. The van der Waals surface area contributed by atoms with Gasteiger partial charge < -0.3 is 10.2 Å².